The number of fused-ring (bicyclic) bond motifs is 1. The lowest BCUT2D eigenvalue weighted by atomic mass is 9.72. The van der Waals surface area contributed by atoms with E-state index < -0.39 is 0 Å². The average molecular weight is 140 g/mol. The summed E-state index contributed by atoms with van der Waals surface area (Å²) in [4.78, 5) is 20.9. The minimum atomic E-state index is -0.139. The number of carbonyl (C=O) groups excluding carboxylic acids is 2. The number of hydrogen-bond donors (Lipinski definition) is 0. The molecule has 10 heavy (non-hydrogen) atoms. The predicted octanol–water partition coefficient (Wildman–Crippen LogP) is 0.137. The van der Waals surface area contributed by atoms with Gasteiger partial charge in [-0.2, -0.15) is 0 Å². The van der Waals surface area contributed by atoms with Crippen LogP contribution in [0.4, 0.5) is 0 Å². The summed E-state index contributed by atoms with van der Waals surface area (Å²) in [5.41, 5.74) is 0. The number of carbonyl (C=O) groups is 2. The van der Waals surface area contributed by atoms with E-state index in [4.69, 9.17) is 4.74 Å². The number of aldehydes is 1. The highest BCUT2D eigenvalue weighted by Crippen LogP contribution is 2.42. The fourth-order valence-corrected chi connectivity index (χ4v) is 1.68. The van der Waals surface area contributed by atoms with Crippen LogP contribution in [0, 0.1) is 11.8 Å². The quantitative estimate of drug-likeness (QED) is 0.384. The van der Waals surface area contributed by atoms with E-state index in [9.17, 15) is 9.59 Å². The molecule has 2 rings (SSSR count). The van der Waals surface area contributed by atoms with Crippen molar-refractivity contribution >= 4 is 12.3 Å². The Labute approximate surface area is 58.4 Å². The Balaban J connectivity index is 2.05. The topological polar surface area (TPSA) is 43.4 Å². The summed E-state index contributed by atoms with van der Waals surface area (Å²) in [7, 11) is 0. The van der Waals surface area contributed by atoms with Crippen LogP contribution in [0.2, 0.25) is 0 Å². The molecule has 0 aromatic heterocycles. The van der Waals surface area contributed by atoms with E-state index in [0.29, 0.717) is 6.42 Å². The Hall–Kier alpha value is -0.860. The highest BCUT2D eigenvalue weighted by atomic mass is 16.6. The number of esters is 1. The molecule has 0 aromatic carbocycles. The normalized spacial score (nSPS) is 43.6. The zero-order chi connectivity index (χ0) is 7.14. The third kappa shape index (κ3) is 0.602. The van der Waals surface area contributed by atoms with Crippen molar-refractivity contribution in [2.45, 2.75) is 18.9 Å². The van der Waals surface area contributed by atoms with E-state index >= 15 is 0 Å². The van der Waals surface area contributed by atoms with Crippen LogP contribution in [0.1, 0.15) is 12.8 Å². The molecular weight excluding hydrogens is 132 g/mol. The first-order valence-electron chi connectivity index (χ1n) is 3.46. The van der Waals surface area contributed by atoms with Crippen molar-refractivity contribution in [2.24, 2.45) is 11.8 Å². The van der Waals surface area contributed by atoms with E-state index in [1.807, 2.05) is 0 Å². The molecule has 2 unspecified atom stereocenters. The fraction of sp³-hybridized carbons (Fsp3) is 0.714. The second-order valence-electron chi connectivity index (χ2n) is 2.93. The summed E-state index contributed by atoms with van der Waals surface area (Å²) in [5, 5.41) is 0. The van der Waals surface area contributed by atoms with Gasteiger partial charge in [0.15, 0.2) is 0 Å². The van der Waals surface area contributed by atoms with E-state index in [1.54, 1.807) is 0 Å². The summed E-state index contributed by atoms with van der Waals surface area (Å²) in [6.07, 6.45) is 2.21. The van der Waals surface area contributed by atoms with Gasteiger partial charge in [0.1, 0.15) is 12.4 Å². The Morgan fingerprint density at radius 3 is 3.00 bits per heavy atom. The minimum absolute atomic E-state index is 0.0719. The third-order valence-electron chi connectivity index (χ3n) is 2.39. The van der Waals surface area contributed by atoms with E-state index in [2.05, 4.69) is 0 Å². The maximum Gasteiger partial charge on any atom is 0.306 e. The molecule has 0 spiro atoms. The van der Waals surface area contributed by atoms with Crippen LogP contribution in [0.25, 0.3) is 0 Å². The molecule has 0 amide bonds. The smallest absolute Gasteiger partial charge is 0.306 e. The zero-order valence-corrected chi connectivity index (χ0v) is 5.45. The zero-order valence-electron chi connectivity index (χ0n) is 5.45. The highest BCUT2D eigenvalue weighted by molar-refractivity contribution is 5.74. The van der Waals surface area contributed by atoms with E-state index in [-0.39, 0.29) is 23.9 Å². The lowest BCUT2D eigenvalue weighted by Gasteiger charge is -2.33. The van der Waals surface area contributed by atoms with Crippen molar-refractivity contribution in [3.63, 3.8) is 0 Å². The average Bonchev–Trinajstić information content (AvgIpc) is 2.15. The molecule has 2 aliphatic rings. The lowest BCUT2D eigenvalue weighted by Crippen LogP contribution is -2.38. The molecule has 1 saturated heterocycles. The van der Waals surface area contributed by atoms with Crippen LogP contribution in [0.15, 0.2) is 0 Å². The van der Waals surface area contributed by atoms with Crippen molar-refractivity contribution in [1.29, 1.82) is 0 Å². The van der Waals surface area contributed by atoms with Gasteiger partial charge < -0.3 is 9.53 Å². The highest BCUT2D eigenvalue weighted by Gasteiger charge is 2.49. The van der Waals surface area contributed by atoms with E-state index in [0.717, 1.165) is 12.7 Å². The van der Waals surface area contributed by atoms with Gasteiger partial charge in [0.2, 0.25) is 0 Å². The molecule has 1 saturated carbocycles. The standard InChI is InChI=1S/C7H8O3/c8-3-4-1-6-5(4)2-7(9)10-6/h3-6H,1-2H2/t4?,5-,6?/m1/s1. The Morgan fingerprint density at radius 1 is 1.60 bits per heavy atom. The van der Waals surface area contributed by atoms with Gasteiger partial charge in [0, 0.05) is 11.8 Å². The van der Waals surface area contributed by atoms with Gasteiger partial charge >= 0.3 is 5.97 Å². The maximum atomic E-state index is 10.6. The second-order valence-corrected chi connectivity index (χ2v) is 2.93. The molecule has 3 atom stereocenters. The molecule has 0 aromatic rings. The Bertz CT molecular complexity index is 187. The SMILES string of the molecule is O=CC1CC2OC(=O)C[C@H]12. The maximum absolute atomic E-state index is 10.6. The first kappa shape index (κ1) is 5.89. The molecule has 0 radical (unpaired) electrons. The van der Waals surface area contributed by atoms with Crippen molar-refractivity contribution < 1.29 is 14.3 Å². The Kier molecular flexibility index (Phi) is 1.07. The monoisotopic (exact) mass is 140 g/mol. The molecule has 0 N–H and O–H groups in total. The van der Waals surface area contributed by atoms with Gasteiger partial charge in [-0.05, 0) is 6.42 Å². The van der Waals surface area contributed by atoms with E-state index in [1.165, 1.54) is 0 Å². The summed E-state index contributed by atoms with van der Waals surface area (Å²) in [6, 6.07) is 0. The summed E-state index contributed by atoms with van der Waals surface area (Å²) in [6.45, 7) is 0. The molecule has 1 aliphatic heterocycles. The molecule has 3 nitrogen and oxygen atoms in total. The molecule has 1 heterocycles. The number of ether oxygens (including phenoxy) is 1. The molecule has 54 valence electrons. The number of hydrogen-bond acceptors (Lipinski definition) is 3. The van der Waals surface area contributed by atoms with Crippen molar-refractivity contribution in [3.05, 3.63) is 0 Å². The van der Waals surface area contributed by atoms with Crippen LogP contribution in [-0.4, -0.2) is 18.4 Å². The van der Waals surface area contributed by atoms with Crippen LogP contribution >= 0.6 is 0 Å². The molecule has 2 fully saturated rings. The van der Waals surface area contributed by atoms with Crippen LogP contribution in [0.5, 0.6) is 0 Å². The predicted molar refractivity (Wildman–Crippen MR) is 32.2 cm³/mol. The summed E-state index contributed by atoms with van der Waals surface area (Å²) < 4.78 is 4.89. The van der Waals surface area contributed by atoms with Gasteiger partial charge in [-0.15, -0.1) is 0 Å². The molecule has 1 aliphatic carbocycles. The number of rotatable bonds is 1. The Morgan fingerprint density at radius 2 is 2.40 bits per heavy atom. The first-order valence-corrected chi connectivity index (χ1v) is 3.46. The lowest BCUT2D eigenvalue weighted by molar-refractivity contribution is -0.145. The molecule has 0 bridgehead atoms. The van der Waals surface area contributed by atoms with Gasteiger partial charge in [-0.3, -0.25) is 4.79 Å². The van der Waals surface area contributed by atoms with Crippen LogP contribution < -0.4 is 0 Å². The fourth-order valence-electron chi connectivity index (χ4n) is 1.68. The molecule has 3 heteroatoms. The largest absolute Gasteiger partial charge is 0.462 e. The van der Waals surface area contributed by atoms with Crippen LogP contribution in [-0.2, 0) is 14.3 Å². The van der Waals surface area contributed by atoms with Crippen molar-refractivity contribution in [3.8, 4) is 0 Å². The first-order chi connectivity index (χ1) is 4.81. The summed E-state index contributed by atoms with van der Waals surface area (Å²) >= 11 is 0. The third-order valence-corrected chi connectivity index (χ3v) is 2.39. The molecular formula is C7H8O3. The second kappa shape index (κ2) is 1.81. The van der Waals surface area contributed by atoms with Gasteiger partial charge in [-0.1, -0.05) is 0 Å². The van der Waals surface area contributed by atoms with Gasteiger partial charge in [0.05, 0.1) is 6.42 Å². The van der Waals surface area contributed by atoms with Crippen LogP contribution in [0.3, 0.4) is 0 Å². The van der Waals surface area contributed by atoms with Gasteiger partial charge in [0.25, 0.3) is 0 Å². The van der Waals surface area contributed by atoms with Crippen molar-refractivity contribution in [2.75, 3.05) is 0 Å². The van der Waals surface area contributed by atoms with Crippen molar-refractivity contribution in [1.82, 2.24) is 0 Å². The van der Waals surface area contributed by atoms with Gasteiger partial charge in [-0.25, -0.2) is 0 Å². The minimum Gasteiger partial charge on any atom is -0.462 e. The summed E-state index contributed by atoms with van der Waals surface area (Å²) in [5.74, 6) is 0.167.